The zero-order valence-electron chi connectivity index (χ0n) is 21.9. The van der Waals surface area contributed by atoms with Crippen LogP contribution in [0.4, 0.5) is 0 Å². The molecule has 0 aliphatic rings. The van der Waals surface area contributed by atoms with Crippen molar-refractivity contribution in [3.05, 3.63) is 12.2 Å². The van der Waals surface area contributed by atoms with Gasteiger partial charge in [0.1, 0.15) is 0 Å². The first kappa shape index (κ1) is 30.6. The molecule has 2 unspecified atom stereocenters. The molecule has 0 radical (unpaired) electrons. The Labute approximate surface area is 195 Å². The summed E-state index contributed by atoms with van der Waals surface area (Å²) in [4.78, 5) is 11.2. The van der Waals surface area contributed by atoms with Gasteiger partial charge in [-0.2, -0.15) is 0 Å². The third kappa shape index (κ3) is 19.9. The van der Waals surface area contributed by atoms with Crippen molar-refractivity contribution >= 4 is 22.6 Å². The number of hydrogen-bond donors (Lipinski definition) is 0. The first-order valence-electron chi connectivity index (χ1n) is 12.6. The minimum Gasteiger partial charge on any atom is -0.469 e. The third-order valence-electron chi connectivity index (χ3n) is 5.03. The van der Waals surface area contributed by atoms with Crippen LogP contribution in [0.1, 0.15) is 84.0 Å². The summed E-state index contributed by atoms with van der Waals surface area (Å²) in [5, 5.41) is 0. The van der Waals surface area contributed by atoms with E-state index in [0.717, 1.165) is 38.5 Å². The molecule has 0 bridgehead atoms. The zero-order valence-corrected chi connectivity index (χ0v) is 23.9. The monoisotopic (exact) mass is 472 g/mol. The van der Waals surface area contributed by atoms with Crippen LogP contribution < -0.4 is 0 Å². The molecule has 4 nitrogen and oxygen atoms in total. The van der Waals surface area contributed by atoms with E-state index in [1.807, 2.05) is 0 Å². The van der Waals surface area contributed by atoms with E-state index in [1.54, 1.807) is 0 Å². The lowest BCUT2D eigenvalue weighted by atomic mass is 10.0. The quantitative estimate of drug-likeness (QED) is 0.0830. The number of ether oxygens (including phenoxy) is 1. The van der Waals surface area contributed by atoms with Gasteiger partial charge in [-0.25, -0.2) is 0 Å². The molecule has 0 aromatic carbocycles. The van der Waals surface area contributed by atoms with E-state index in [-0.39, 0.29) is 18.2 Å². The fraction of sp³-hybridized carbons (Fsp3) is 0.880. The van der Waals surface area contributed by atoms with Gasteiger partial charge in [0.15, 0.2) is 16.6 Å². The van der Waals surface area contributed by atoms with Crippen molar-refractivity contribution in [1.29, 1.82) is 0 Å². The highest BCUT2D eigenvalue weighted by Crippen LogP contribution is 2.24. The van der Waals surface area contributed by atoms with Gasteiger partial charge >= 0.3 is 5.97 Å². The first-order valence-corrected chi connectivity index (χ1v) is 19.4. The van der Waals surface area contributed by atoms with Gasteiger partial charge in [-0.05, 0) is 71.4 Å². The maximum absolute atomic E-state index is 11.2. The fourth-order valence-electron chi connectivity index (χ4n) is 3.61. The van der Waals surface area contributed by atoms with Crippen LogP contribution in [-0.2, 0) is 18.4 Å². The minimum absolute atomic E-state index is 0.0994. The summed E-state index contributed by atoms with van der Waals surface area (Å²) in [5.74, 6) is -0.0994. The van der Waals surface area contributed by atoms with Gasteiger partial charge in [0, 0.05) is 6.42 Å². The zero-order chi connectivity index (χ0) is 23.8. The van der Waals surface area contributed by atoms with E-state index in [0.29, 0.717) is 6.42 Å². The first-order chi connectivity index (χ1) is 14.5. The van der Waals surface area contributed by atoms with Crippen LogP contribution in [0.5, 0.6) is 0 Å². The number of unbranched alkanes of at least 4 members (excludes halogenated alkanes) is 7. The molecule has 0 saturated carbocycles. The fourth-order valence-corrected chi connectivity index (χ4v) is 5.95. The van der Waals surface area contributed by atoms with Crippen molar-refractivity contribution in [2.45, 2.75) is 135 Å². The average molecular weight is 473 g/mol. The van der Waals surface area contributed by atoms with Crippen LogP contribution in [0.25, 0.3) is 0 Å². The second kappa shape index (κ2) is 17.1. The number of carbonyl (C=O) groups excluding carboxylic acids is 1. The van der Waals surface area contributed by atoms with Gasteiger partial charge in [0.25, 0.3) is 0 Å². The van der Waals surface area contributed by atoms with Crippen LogP contribution in [0.2, 0.25) is 39.3 Å². The largest absolute Gasteiger partial charge is 0.469 e. The Bertz CT molecular complexity index is 481. The second-order valence-electron chi connectivity index (χ2n) is 10.6. The molecule has 2 atom stereocenters. The SMILES string of the molecule is CCCCC/C=C/CC(O[Si](C)(C)C)C(CCCCCCCC(=O)OC)O[Si](C)(C)C. The number of methoxy groups -OCH3 is 1. The Morgan fingerprint density at radius 2 is 1.35 bits per heavy atom. The van der Waals surface area contributed by atoms with Crippen molar-refractivity contribution in [3.8, 4) is 0 Å². The molecule has 0 aliphatic heterocycles. The van der Waals surface area contributed by atoms with Crippen LogP contribution in [0, 0.1) is 0 Å². The smallest absolute Gasteiger partial charge is 0.305 e. The van der Waals surface area contributed by atoms with E-state index < -0.39 is 16.6 Å². The number of esters is 1. The van der Waals surface area contributed by atoms with Gasteiger partial charge in [0.05, 0.1) is 19.3 Å². The lowest BCUT2D eigenvalue weighted by Gasteiger charge is -2.36. The van der Waals surface area contributed by atoms with E-state index in [2.05, 4.69) is 58.4 Å². The second-order valence-corrected chi connectivity index (χ2v) is 19.5. The molecule has 0 aromatic rings. The van der Waals surface area contributed by atoms with E-state index >= 15 is 0 Å². The summed E-state index contributed by atoms with van der Waals surface area (Å²) in [5.41, 5.74) is 0. The van der Waals surface area contributed by atoms with E-state index in [9.17, 15) is 4.79 Å². The van der Waals surface area contributed by atoms with Crippen molar-refractivity contribution in [2.75, 3.05) is 7.11 Å². The number of rotatable bonds is 19. The highest BCUT2D eigenvalue weighted by atomic mass is 28.4. The maximum Gasteiger partial charge on any atom is 0.305 e. The van der Waals surface area contributed by atoms with Crippen LogP contribution in [0.3, 0.4) is 0 Å². The molecule has 31 heavy (non-hydrogen) atoms. The molecule has 0 spiro atoms. The Morgan fingerprint density at radius 3 is 1.94 bits per heavy atom. The Hall–Kier alpha value is -0.436. The van der Waals surface area contributed by atoms with Crippen molar-refractivity contribution in [3.63, 3.8) is 0 Å². The van der Waals surface area contributed by atoms with Gasteiger partial charge in [-0.3, -0.25) is 4.79 Å². The summed E-state index contributed by atoms with van der Waals surface area (Å²) in [6.07, 6.45) is 18.0. The predicted octanol–water partition coefficient (Wildman–Crippen LogP) is 7.86. The topological polar surface area (TPSA) is 44.8 Å². The summed E-state index contributed by atoms with van der Waals surface area (Å²) < 4.78 is 18.0. The molecular weight excluding hydrogens is 420 g/mol. The Kier molecular flexibility index (Phi) is 16.9. The van der Waals surface area contributed by atoms with Crippen molar-refractivity contribution in [1.82, 2.24) is 0 Å². The summed E-state index contributed by atoms with van der Waals surface area (Å²) in [6.45, 7) is 15.9. The maximum atomic E-state index is 11.2. The van der Waals surface area contributed by atoms with Crippen LogP contribution >= 0.6 is 0 Å². The van der Waals surface area contributed by atoms with E-state index in [4.69, 9.17) is 13.6 Å². The molecule has 0 saturated heterocycles. The lowest BCUT2D eigenvalue weighted by Crippen LogP contribution is -2.44. The molecule has 0 amide bonds. The van der Waals surface area contributed by atoms with Gasteiger partial charge in [-0.1, -0.05) is 57.6 Å². The van der Waals surface area contributed by atoms with Crippen LogP contribution in [0.15, 0.2) is 12.2 Å². The lowest BCUT2D eigenvalue weighted by molar-refractivity contribution is -0.140. The molecule has 184 valence electrons. The highest BCUT2D eigenvalue weighted by Gasteiger charge is 2.31. The average Bonchev–Trinajstić information content (AvgIpc) is 2.66. The molecule has 0 rings (SSSR count). The Balaban J connectivity index is 4.78. The molecule has 0 heterocycles. The molecule has 6 heteroatoms. The highest BCUT2D eigenvalue weighted by molar-refractivity contribution is 6.70. The third-order valence-corrected chi connectivity index (χ3v) is 7.05. The molecule has 0 N–H and O–H groups in total. The van der Waals surface area contributed by atoms with Gasteiger partial charge < -0.3 is 13.6 Å². The van der Waals surface area contributed by atoms with Crippen molar-refractivity contribution < 1.29 is 18.4 Å². The van der Waals surface area contributed by atoms with Crippen molar-refractivity contribution in [2.24, 2.45) is 0 Å². The van der Waals surface area contributed by atoms with Gasteiger partial charge in [0.2, 0.25) is 0 Å². The number of hydrogen-bond acceptors (Lipinski definition) is 4. The minimum atomic E-state index is -1.66. The van der Waals surface area contributed by atoms with E-state index in [1.165, 1.54) is 39.2 Å². The summed E-state index contributed by atoms with van der Waals surface area (Å²) in [6, 6.07) is 0. The number of allylic oxidation sites excluding steroid dienone is 1. The number of carbonyl (C=O) groups is 1. The molecular formula is C25H52O4Si2. The Morgan fingerprint density at radius 1 is 0.774 bits per heavy atom. The standard InChI is InChI=1S/C25H52O4Si2/c1-9-10-11-12-14-17-20-23(28-30(3,4)5)24(29-31(6,7)8)21-18-15-13-16-19-22-25(26)27-2/h14,17,23-24H,9-13,15-16,18-22H2,1-8H3/b17-14+. The van der Waals surface area contributed by atoms with Gasteiger partial charge in [-0.15, -0.1) is 0 Å². The molecule has 0 fully saturated rings. The predicted molar refractivity (Wildman–Crippen MR) is 139 cm³/mol. The normalized spacial score (nSPS) is 14.7. The molecule has 0 aliphatic carbocycles. The van der Waals surface area contributed by atoms with Crippen LogP contribution in [-0.4, -0.2) is 41.9 Å². The molecule has 0 aromatic heterocycles. The summed E-state index contributed by atoms with van der Waals surface area (Å²) in [7, 11) is -1.86. The summed E-state index contributed by atoms with van der Waals surface area (Å²) >= 11 is 0.